The fraction of sp³-hybridized carbons (Fsp3) is 0.125. The van der Waals surface area contributed by atoms with Gasteiger partial charge in [0, 0.05) is 29.9 Å². The minimum absolute atomic E-state index is 0.122. The summed E-state index contributed by atoms with van der Waals surface area (Å²) in [6, 6.07) is 8.89. The van der Waals surface area contributed by atoms with Crippen molar-refractivity contribution in [3.05, 3.63) is 59.4 Å². The summed E-state index contributed by atoms with van der Waals surface area (Å²) < 4.78 is 44.4. The third kappa shape index (κ3) is 3.69. The number of benzene rings is 2. The first-order valence-corrected chi connectivity index (χ1v) is 6.14. The number of anilines is 1. The average Bonchev–Trinajstić information content (AvgIpc) is 2.49. The molecule has 0 amide bonds. The first-order valence-electron chi connectivity index (χ1n) is 6.14. The normalized spacial score (nSPS) is 10.0. The van der Waals surface area contributed by atoms with Gasteiger partial charge in [0.25, 0.3) is 0 Å². The summed E-state index contributed by atoms with van der Waals surface area (Å²) >= 11 is 0. The molecule has 0 saturated heterocycles. The van der Waals surface area contributed by atoms with Crippen LogP contribution >= 0.6 is 0 Å². The largest absolute Gasteiger partial charge is 0.481 e. The molecule has 0 spiro atoms. The maximum atomic E-state index is 13.1. The Labute approximate surface area is 120 Å². The van der Waals surface area contributed by atoms with Gasteiger partial charge in [0.05, 0.1) is 0 Å². The van der Waals surface area contributed by atoms with Crippen LogP contribution in [0.4, 0.5) is 18.9 Å². The lowest BCUT2D eigenvalue weighted by Crippen LogP contribution is -2.04. The summed E-state index contributed by atoms with van der Waals surface area (Å²) in [5.74, 6) is -1.04. The van der Waals surface area contributed by atoms with Gasteiger partial charge in [-0.15, -0.1) is 6.42 Å². The molecule has 0 aliphatic carbocycles. The molecule has 2 aromatic rings. The van der Waals surface area contributed by atoms with Gasteiger partial charge in [0.2, 0.25) is 0 Å². The number of terminal acetylenes is 1. The Morgan fingerprint density at radius 1 is 1.10 bits per heavy atom. The Bertz CT molecular complexity index is 656. The Balaban J connectivity index is 2.12. The van der Waals surface area contributed by atoms with E-state index in [0.717, 1.165) is 17.7 Å². The van der Waals surface area contributed by atoms with Crippen molar-refractivity contribution in [2.24, 2.45) is 0 Å². The standard InChI is InChI=1S/C16H12F3NO/c1-2-7-21-15-6-4-3-5-11(15)10-20-12-8-13(17)16(19)14(18)9-12/h1,3-6,8-9,20H,7,10H2. The molecule has 0 aromatic heterocycles. The average molecular weight is 291 g/mol. The molecule has 0 aliphatic rings. The van der Waals surface area contributed by atoms with Gasteiger partial charge in [-0.1, -0.05) is 24.1 Å². The van der Waals surface area contributed by atoms with E-state index >= 15 is 0 Å². The van der Waals surface area contributed by atoms with Crippen LogP contribution in [0.1, 0.15) is 5.56 Å². The number of rotatable bonds is 5. The van der Waals surface area contributed by atoms with Gasteiger partial charge in [0.15, 0.2) is 17.5 Å². The molecule has 0 saturated carbocycles. The van der Waals surface area contributed by atoms with Crippen molar-refractivity contribution in [1.29, 1.82) is 0 Å². The Morgan fingerprint density at radius 2 is 1.76 bits per heavy atom. The molecule has 2 nitrogen and oxygen atoms in total. The monoisotopic (exact) mass is 291 g/mol. The highest BCUT2D eigenvalue weighted by molar-refractivity contribution is 5.46. The molecule has 0 fully saturated rings. The lowest BCUT2D eigenvalue weighted by atomic mass is 10.2. The molecule has 0 unspecified atom stereocenters. The summed E-state index contributed by atoms with van der Waals surface area (Å²) in [6.07, 6.45) is 5.13. The predicted molar refractivity (Wildman–Crippen MR) is 74.4 cm³/mol. The van der Waals surface area contributed by atoms with Gasteiger partial charge < -0.3 is 10.1 Å². The van der Waals surface area contributed by atoms with Gasteiger partial charge in [-0.2, -0.15) is 0 Å². The van der Waals surface area contributed by atoms with E-state index in [0.29, 0.717) is 5.75 Å². The van der Waals surface area contributed by atoms with Crippen molar-refractivity contribution in [2.45, 2.75) is 6.54 Å². The van der Waals surface area contributed by atoms with Gasteiger partial charge in [0.1, 0.15) is 12.4 Å². The number of nitrogens with one attached hydrogen (secondary N) is 1. The van der Waals surface area contributed by atoms with Gasteiger partial charge in [-0.3, -0.25) is 0 Å². The SMILES string of the molecule is C#CCOc1ccccc1CNc1cc(F)c(F)c(F)c1. The minimum atomic E-state index is -1.49. The second kappa shape index (κ2) is 6.71. The number of para-hydroxylation sites is 1. The van der Waals surface area contributed by atoms with E-state index < -0.39 is 17.5 Å². The van der Waals surface area contributed by atoms with E-state index in [1.54, 1.807) is 24.3 Å². The van der Waals surface area contributed by atoms with E-state index in [1.807, 2.05) is 0 Å². The van der Waals surface area contributed by atoms with Crippen LogP contribution in [0.2, 0.25) is 0 Å². The van der Waals surface area contributed by atoms with Gasteiger partial charge in [-0.25, -0.2) is 13.2 Å². The van der Waals surface area contributed by atoms with Crippen molar-refractivity contribution in [3.8, 4) is 18.1 Å². The van der Waals surface area contributed by atoms with Crippen LogP contribution in [0.3, 0.4) is 0 Å². The molecular formula is C16H12F3NO. The quantitative estimate of drug-likeness (QED) is 0.669. The maximum Gasteiger partial charge on any atom is 0.194 e. The lowest BCUT2D eigenvalue weighted by Gasteiger charge is -2.11. The predicted octanol–water partition coefficient (Wildman–Crippen LogP) is 3.73. The molecule has 2 aromatic carbocycles. The minimum Gasteiger partial charge on any atom is -0.481 e. The van der Waals surface area contributed by atoms with Crippen LogP contribution in [0, 0.1) is 29.8 Å². The topological polar surface area (TPSA) is 21.3 Å². The van der Waals surface area contributed by atoms with Crippen molar-refractivity contribution >= 4 is 5.69 Å². The van der Waals surface area contributed by atoms with E-state index in [2.05, 4.69) is 11.2 Å². The summed E-state index contributed by atoms with van der Waals surface area (Å²) in [7, 11) is 0. The van der Waals surface area contributed by atoms with Crippen LogP contribution in [0.5, 0.6) is 5.75 Å². The van der Waals surface area contributed by atoms with Crippen molar-refractivity contribution in [2.75, 3.05) is 11.9 Å². The molecule has 0 atom stereocenters. The van der Waals surface area contributed by atoms with Crippen molar-refractivity contribution in [3.63, 3.8) is 0 Å². The smallest absolute Gasteiger partial charge is 0.194 e. The summed E-state index contributed by atoms with van der Waals surface area (Å²) in [5.41, 5.74) is 0.899. The number of halogens is 3. The fourth-order valence-electron chi connectivity index (χ4n) is 1.76. The second-order valence-corrected chi connectivity index (χ2v) is 4.21. The first-order chi connectivity index (χ1) is 10.1. The molecule has 1 N–H and O–H groups in total. The molecule has 21 heavy (non-hydrogen) atoms. The number of ether oxygens (including phenoxy) is 1. The fourth-order valence-corrected chi connectivity index (χ4v) is 1.76. The van der Waals surface area contributed by atoms with Crippen molar-refractivity contribution in [1.82, 2.24) is 0 Å². The maximum absolute atomic E-state index is 13.1. The Hall–Kier alpha value is -2.61. The van der Waals surface area contributed by atoms with Crippen LogP contribution < -0.4 is 10.1 Å². The first kappa shape index (κ1) is 14.8. The highest BCUT2D eigenvalue weighted by Crippen LogP contribution is 2.21. The Kier molecular flexibility index (Phi) is 4.72. The summed E-state index contributed by atoms with van der Waals surface area (Å²) in [6.45, 7) is 0.377. The number of hydrogen-bond donors (Lipinski definition) is 1. The lowest BCUT2D eigenvalue weighted by molar-refractivity contribution is 0.366. The van der Waals surface area contributed by atoms with Crippen molar-refractivity contribution < 1.29 is 17.9 Å². The molecule has 0 radical (unpaired) electrons. The van der Waals surface area contributed by atoms with E-state index in [9.17, 15) is 13.2 Å². The molecule has 5 heteroatoms. The summed E-state index contributed by atoms with van der Waals surface area (Å²) in [5, 5.41) is 2.81. The summed E-state index contributed by atoms with van der Waals surface area (Å²) in [4.78, 5) is 0. The number of hydrogen-bond acceptors (Lipinski definition) is 2. The molecule has 108 valence electrons. The molecule has 0 heterocycles. The molecular weight excluding hydrogens is 279 g/mol. The van der Waals surface area contributed by atoms with Crippen LogP contribution in [-0.2, 0) is 6.54 Å². The zero-order valence-corrected chi connectivity index (χ0v) is 11.0. The van der Waals surface area contributed by atoms with E-state index in [-0.39, 0.29) is 18.8 Å². The third-order valence-corrected chi connectivity index (χ3v) is 2.75. The van der Waals surface area contributed by atoms with E-state index in [1.165, 1.54) is 0 Å². The molecule has 2 rings (SSSR count). The zero-order chi connectivity index (χ0) is 15.2. The molecule has 0 bridgehead atoms. The van der Waals surface area contributed by atoms with E-state index in [4.69, 9.17) is 11.2 Å². The van der Waals surface area contributed by atoms with Crippen LogP contribution in [0.15, 0.2) is 36.4 Å². The highest BCUT2D eigenvalue weighted by atomic mass is 19.2. The van der Waals surface area contributed by atoms with Gasteiger partial charge in [-0.05, 0) is 6.07 Å². The highest BCUT2D eigenvalue weighted by Gasteiger charge is 2.10. The van der Waals surface area contributed by atoms with Crippen LogP contribution in [-0.4, -0.2) is 6.61 Å². The third-order valence-electron chi connectivity index (χ3n) is 2.75. The van der Waals surface area contributed by atoms with Crippen LogP contribution in [0.25, 0.3) is 0 Å². The zero-order valence-electron chi connectivity index (χ0n) is 11.0. The second-order valence-electron chi connectivity index (χ2n) is 4.21. The van der Waals surface area contributed by atoms with Gasteiger partial charge >= 0.3 is 0 Å². The molecule has 0 aliphatic heterocycles. The Morgan fingerprint density at radius 3 is 2.43 bits per heavy atom.